The number of aliphatic imine (C=N–C) groups is 1. The second kappa shape index (κ2) is 7.09. The van der Waals surface area contributed by atoms with Crippen LogP contribution < -0.4 is 11.1 Å². The Morgan fingerprint density at radius 1 is 1.24 bits per heavy atom. The van der Waals surface area contributed by atoms with E-state index in [1.807, 2.05) is 18.2 Å². The normalized spacial score (nSPS) is 11.5. The van der Waals surface area contributed by atoms with Gasteiger partial charge in [0.15, 0.2) is 5.96 Å². The SMILES string of the molecule is Cc1cc(C)cc(NC(N)=NCCc2ccc(Cl)nc2)c1. The Labute approximate surface area is 130 Å². The standard InChI is InChI=1S/C16H19ClN4/c1-11-7-12(2)9-14(8-11)21-16(18)19-6-5-13-3-4-15(17)20-10-13/h3-4,7-10H,5-6H2,1-2H3,(H3,18,19,21). The van der Waals surface area contributed by atoms with Crippen molar-refractivity contribution in [3.63, 3.8) is 0 Å². The molecule has 0 fully saturated rings. The van der Waals surface area contributed by atoms with Gasteiger partial charge in [-0.2, -0.15) is 0 Å². The third-order valence-corrected chi connectivity index (χ3v) is 3.19. The Morgan fingerprint density at radius 2 is 1.95 bits per heavy atom. The molecule has 0 amide bonds. The van der Waals surface area contributed by atoms with Crippen molar-refractivity contribution in [1.82, 2.24) is 4.98 Å². The first kappa shape index (κ1) is 15.3. The highest BCUT2D eigenvalue weighted by Gasteiger charge is 1.98. The van der Waals surface area contributed by atoms with Crippen LogP contribution >= 0.6 is 11.6 Å². The fourth-order valence-electron chi connectivity index (χ4n) is 2.09. The lowest BCUT2D eigenvalue weighted by Gasteiger charge is -2.08. The van der Waals surface area contributed by atoms with Gasteiger partial charge in [-0.25, -0.2) is 4.98 Å². The Bertz CT molecular complexity index is 615. The first-order valence-corrected chi connectivity index (χ1v) is 7.16. The average molecular weight is 303 g/mol. The van der Waals surface area contributed by atoms with Crippen molar-refractivity contribution in [3.8, 4) is 0 Å². The van der Waals surface area contributed by atoms with E-state index in [1.165, 1.54) is 11.1 Å². The van der Waals surface area contributed by atoms with Crippen LogP contribution in [0.15, 0.2) is 41.5 Å². The van der Waals surface area contributed by atoms with E-state index in [1.54, 1.807) is 12.3 Å². The molecule has 0 aliphatic carbocycles. The largest absolute Gasteiger partial charge is 0.370 e. The van der Waals surface area contributed by atoms with Crippen LogP contribution in [0, 0.1) is 13.8 Å². The van der Waals surface area contributed by atoms with E-state index in [4.69, 9.17) is 17.3 Å². The van der Waals surface area contributed by atoms with Gasteiger partial charge < -0.3 is 11.1 Å². The highest BCUT2D eigenvalue weighted by molar-refractivity contribution is 6.29. The topological polar surface area (TPSA) is 63.3 Å². The van der Waals surface area contributed by atoms with Gasteiger partial charge in [-0.3, -0.25) is 4.99 Å². The number of rotatable bonds is 4. The van der Waals surface area contributed by atoms with Gasteiger partial charge in [0.2, 0.25) is 0 Å². The Morgan fingerprint density at radius 3 is 2.57 bits per heavy atom. The third kappa shape index (κ3) is 5.08. The summed E-state index contributed by atoms with van der Waals surface area (Å²) < 4.78 is 0. The van der Waals surface area contributed by atoms with E-state index >= 15 is 0 Å². The minimum absolute atomic E-state index is 0.418. The predicted octanol–water partition coefficient (Wildman–Crippen LogP) is 3.32. The Hall–Kier alpha value is -2.07. The lowest BCUT2D eigenvalue weighted by Crippen LogP contribution is -2.23. The van der Waals surface area contributed by atoms with Crippen molar-refractivity contribution in [2.75, 3.05) is 11.9 Å². The first-order chi connectivity index (χ1) is 10.0. The van der Waals surface area contributed by atoms with Crippen LogP contribution in [0.2, 0.25) is 5.15 Å². The maximum atomic E-state index is 5.90. The number of anilines is 1. The highest BCUT2D eigenvalue weighted by atomic mass is 35.5. The fraction of sp³-hybridized carbons (Fsp3) is 0.250. The second-order valence-corrected chi connectivity index (χ2v) is 5.39. The molecule has 21 heavy (non-hydrogen) atoms. The number of aromatic nitrogens is 1. The monoisotopic (exact) mass is 302 g/mol. The van der Waals surface area contributed by atoms with Gasteiger partial charge >= 0.3 is 0 Å². The summed E-state index contributed by atoms with van der Waals surface area (Å²) in [6.45, 7) is 4.71. The molecule has 1 heterocycles. The molecule has 0 bridgehead atoms. The zero-order valence-corrected chi connectivity index (χ0v) is 13.0. The number of nitrogens with two attached hydrogens (primary N) is 1. The van der Waals surface area contributed by atoms with E-state index < -0.39 is 0 Å². The molecule has 0 saturated carbocycles. The Kier molecular flexibility index (Phi) is 5.17. The summed E-state index contributed by atoms with van der Waals surface area (Å²) in [5, 5.41) is 3.61. The van der Waals surface area contributed by atoms with Gasteiger partial charge in [0.1, 0.15) is 5.15 Å². The summed E-state index contributed by atoms with van der Waals surface area (Å²) in [6, 6.07) is 9.92. The quantitative estimate of drug-likeness (QED) is 0.517. The van der Waals surface area contributed by atoms with Crippen LogP contribution in [0.3, 0.4) is 0 Å². The van der Waals surface area contributed by atoms with E-state index in [-0.39, 0.29) is 0 Å². The lowest BCUT2D eigenvalue weighted by atomic mass is 10.1. The number of hydrogen-bond donors (Lipinski definition) is 2. The molecule has 4 nitrogen and oxygen atoms in total. The molecular weight excluding hydrogens is 284 g/mol. The van der Waals surface area contributed by atoms with Crippen LogP contribution in [-0.2, 0) is 6.42 Å². The van der Waals surface area contributed by atoms with E-state index in [0.717, 1.165) is 17.7 Å². The maximum Gasteiger partial charge on any atom is 0.193 e. The predicted molar refractivity (Wildman–Crippen MR) is 89.0 cm³/mol. The van der Waals surface area contributed by atoms with E-state index in [0.29, 0.717) is 17.7 Å². The summed E-state index contributed by atoms with van der Waals surface area (Å²) >= 11 is 5.74. The van der Waals surface area contributed by atoms with Crippen molar-refractivity contribution in [3.05, 3.63) is 58.4 Å². The molecule has 0 spiro atoms. The number of guanidine groups is 1. The molecule has 1 aromatic heterocycles. The minimum atomic E-state index is 0.418. The smallest absolute Gasteiger partial charge is 0.193 e. The number of nitrogens with one attached hydrogen (secondary N) is 1. The zero-order valence-electron chi connectivity index (χ0n) is 12.2. The minimum Gasteiger partial charge on any atom is -0.370 e. The molecule has 2 rings (SSSR count). The average Bonchev–Trinajstić information content (AvgIpc) is 2.39. The molecule has 0 aliphatic rings. The van der Waals surface area contributed by atoms with Crippen molar-refractivity contribution >= 4 is 23.2 Å². The summed E-state index contributed by atoms with van der Waals surface area (Å²) in [4.78, 5) is 8.35. The van der Waals surface area contributed by atoms with Crippen molar-refractivity contribution in [1.29, 1.82) is 0 Å². The second-order valence-electron chi connectivity index (χ2n) is 5.01. The molecule has 3 N–H and O–H groups in total. The molecule has 2 aromatic rings. The number of aryl methyl sites for hydroxylation is 2. The lowest BCUT2D eigenvalue weighted by molar-refractivity contribution is 0.955. The van der Waals surface area contributed by atoms with Crippen molar-refractivity contribution in [2.24, 2.45) is 10.7 Å². The molecule has 110 valence electrons. The molecule has 0 saturated heterocycles. The molecular formula is C16H19ClN4. The van der Waals surface area contributed by atoms with Crippen LogP contribution in [0.5, 0.6) is 0 Å². The fourth-order valence-corrected chi connectivity index (χ4v) is 2.21. The van der Waals surface area contributed by atoms with E-state index in [9.17, 15) is 0 Å². The number of hydrogen-bond acceptors (Lipinski definition) is 2. The number of pyridine rings is 1. The molecule has 0 atom stereocenters. The molecule has 0 radical (unpaired) electrons. The Balaban J connectivity index is 1.90. The van der Waals surface area contributed by atoms with Gasteiger partial charge in [-0.05, 0) is 55.2 Å². The van der Waals surface area contributed by atoms with Gasteiger partial charge in [-0.15, -0.1) is 0 Å². The summed E-state index contributed by atoms with van der Waals surface area (Å²) in [6.07, 6.45) is 2.53. The van der Waals surface area contributed by atoms with Crippen LogP contribution in [0.25, 0.3) is 0 Å². The third-order valence-electron chi connectivity index (χ3n) is 2.97. The van der Waals surface area contributed by atoms with Gasteiger partial charge in [0.25, 0.3) is 0 Å². The number of nitrogens with zero attached hydrogens (tertiary/aromatic N) is 2. The van der Waals surface area contributed by atoms with Crippen LogP contribution in [0.4, 0.5) is 5.69 Å². The summed E-state index contributed by atoms with van der Waals surface area (Å²) in [5.74, 6) is 0.418. The van der Waals surface area contributed by atoms with Crippen LogP contribution in [-0.4, -0.2) is 17.5 Å². The van der Waals surface area contributed by atoms with Crippen molar-refractivity contribution < 1.29 is 0 Å². The molecule has 0 unspecified atom stereocenters. The first-order valence-electron chi connectivity index (χ1n) is 6.78. The summed E-state index contributed by atoms with van der Waals surface area (Å²) in [5.41, 5.74) is 10.3. The van der Waals surface area contributed by atoms with Gasteiger partial charge in [-0.1, -0.05) is 23.7 Å². The molecule has 1 aromatic carbocycles. The number of halogens is 1. The van der Waals surface area contributed by atoms with Gasteiger partial charge in [0.05, 0.1) is 0 Å². The highest BCUT2D eigenvalue weighted by Crippen LogP contribution is 2.13. The summed E-state index contributed by atoms with van der Waals surface area (Å²) in [7, 11) is 0. The molecule has 0 aliphatic heterocycles. The zero-order chi connectivity index (χ0) is 15.2. The van der Waals surface area contributed by atoms with Crippen LogP contribution in [0.1, 0.15) is 16.7 Å². The maximum absolute atomic E-state index is 5.90. The molecule has 5 heteroatoms. The number of benzene rings is 1. The van der Waals surface area contributed by atoms with Gasteiger partial charge in [0, 0.05) is 18.4 Å². The van der Waals surface area contributed by atoms with Crippen molar-refractivity contribution in [2.45, 2.75) is 20.3 Å². The van der Waals surface area contributed by atoms with E-state index in [2.05, 4.69) is 35.2 Å².